The van der Waals surface area contributed by atoms with Crippen molar-refractivity contribution in [1.29, 1.82) is 0 Å². The van der Waals surface area contributed by atoms with Crippen LogP contribution in [0.4, 0.5) is 18.9 Å². The summed E-state index contributed by atoms with van der Waals surface area (Å²) in [5.41, 5.74) is -0.926. The lowest BCUT2D eigenvalue weighted by atomic mass is 10.1. The molecule has 0 saturated carbocycles. The van der Waals surface area contributed by atoms with Crippen molar-refractivity contribution in [2.24, 2.45) is 0 Å². The van der Waals surface area contributed by atoms with Crippen molar-refractivity contribution >= 4 is 27.5 Å². The summed E-state index contributed by atoms with van der Waals surface area (Å²) in [6.07, 6.45) is -4.53. The highest BCUT2D eigenvalue weighted by Crippen LogP contribution is 2.36. The Balaban J connectivity index is 2.29. The van der Waals surface area contributed by atoms with Gasteiger partial charge in [0.1, 0.15) is 5.75 Å². The van der Waals surface area contributed by atoms with Crippen LogP contribution in [-0.4, -0.2) is 11.0 Å². The number of carbonyl (C=O) groups is 1. The quantitative estimate of drug-likeness (QED) is 0.833. The molecule has 0 unspecified atom stereocenters. The van der Waals surface area contributed by atoms with Crippen LogP contribution in [0.25, 0.3) is 0 Å². The van der Waals surface area contributed by atoms with Gasteiger partial charge in [0.2, 0.25) is 0 Å². The standard InChI is InChI=1S/C14H9BrF3NO2/c15-11-6-5-8(7-10(11)14(16,17)18)19-13(21)9-3-1-2-4-12(9)20/h1-7,20H,(H,19,21). The lowest BCUT2D eigenvalue weighted by molar-refractivity contribution is -0.138. The van der Waals surface area contributed by atoms with Crippen LogP contribution in [0.1, 0.15) is 15.9 Å². The smallest absolute Gasteiger partial charge is 0.417 e. The number of phenols is 1. The molecule has 3 nitrogen and oxygen atoms in total. The number of para-hydroxylation sites is 1. The molecule has 0 radical (unpaired) electrons. The van der Waals surface area contributed by atoms with Crippen LogP contribution in [0.5, 0.6) is 5.75 Å². The first-order chi connectivity index (χ1) is 9.79. The number of nitrogens with one attached hydrogen (secondary N) is 1. The van der Waals surface area contributed by atoms with Gasteiger partial charge < -0.3 is 10.4 Å². The molecular formula is C14H9BrF3NO2. The monoisotopic (exact) mass is 359 g/mol. The van der Waals surface area contributed by atoms with Gasteiger partial charge in [0.05, 0.1) is 11.1 Å². The number of carbonyl (C=O) groups excluding carboxylic acids is 1. The topological polar surface area (TPSA) is 49.3 Å². The third-order valence-electron chi connectivity index (χ3n) is 2.68. The van der Waals surface area contributed by atoms with E-state index in [0.29, 0.717) is 0 Å². The van der Waals surface area contributed by atoms with Crippen molar-refractivity contribution in [3.63, 3.8) is 0 Å². The Hall–Kier alpha value is -2.02. The second-order valence-electron chi connectivity index (χ2n) is 4.16. The molecule has 0 aliphatic rings. The third-order valence-corrected chi connectivity index (χ3v) is 3.37. The molecule has 110 valence electrons. The summed E-state index contributed by atoms with van der Waals surface area (Å²) in [5, 5.41) is 11.9. The summed E-state index contributed by atoms with van der Waals surface area (Å²) < 4.78 is 38.2. The number of phenolic OH excluding ortho intramolecular Hbond substituents is 1. The summed E-state index contributed by atoms with van der Waals surface area (Å²) in [6.45, 7) is 0. The van der Waals surface area contributed by atoms with Crippen molar-refractivity contribution in [3.8, 4) is 5.75 Å². The van der Waals surface area contributed by atoms with Gasteiger partial charge in [-0.25, -0.2) is 0 Å². The molecule has 21 heavy (non-hydrogen) atoms. The van der Waals surface area contributed by atoms with Gasteiger partial charge in [0, 0.05) is 10.2 Å². The summed E-state index contributed by atoms with van der Waals surface area (Å²) in [5.74, 6) is -0.938. The maximum atomic E-state index is 12.8. The fourth-order valence-electron chi connectivity index (χ4n) is 1.68. The van der Waals surface area contributed by atoms with Crippen LogP contribution in [0.15, 0.2) is 46.9 Å². The van der Waals surface area contributed by atoms with Gasteiger partial charge in [0.25, 0.3) is 5.91 Å². The van der Waals surface area contributed by atoms with E-state index in [2.05, 4.69) is 21.2 Å². The van der Waals surface area contributed by atoms with E-state index in [-0.39, 0.29) is 21.5 Å². The molecule has 0 heterocycles. The van der Waals surface area contributed by atoms with Crippen LogP contribution in [0.2, 0.25) is 0 Å². The van der Waals surface area contributed by atoms with Crippen molar-refractivity contribution in [2.45, 2.75) is 6.18 Å². The minimum atomic E-state index is -4.53. The van der Waals surface area contributed by atoms with Gasteiger partial charge >= 0.3 is 6.18 Å². The predicted octanol–water partition coefficient (Wildman–Crippen LogP) is 4.43. The van der Waals surface area contributed by atoms with Crippen LogP contribution < -0.4 is 5.32 Å². The fourth-order valence-corrected chi connectivity index (χ4v) is 2.16. The van der Waals surface area contributed by atoms with E-state index in [9.17, 15) is 23.1 Å². The number of halogens is 4. The Morgan fingerprint density at radius 2 is 1.81 bits per heavy atom. The van der Waals surface area contributed by atoms with Gasteiger partial charge in [-0.1, -0.05) is 28.1 Å². The molecular weight excluding hydrogens is 351 g/mol. The van der Waals surface area contributed by atoms with E-state index in [4.69, 9.17) is 0 Å². The van der Waals surface area contributed by atoms with E-state index >= 15 is 0 Å². The van der Waals surface area contributed by atoms with Crippen LogP contribution in [0.3, 0.4) is 0 Å². The Kier molecular flexibility index (Phi) is 4.22. The van der Waals surface area contributed by atoms with Crippen molar-refractivity contribution in [2.75, 3.05) is 5.32 Å². The molecule has 2 aromatic rings. The number of benzene rings is 2. The summed E-state index contributed by atoms with van der Waals surface area (Å²) in [6, 6.07) is 9.11. The second-order valence-corrected chi connectivity index (χ2v) is 5.02. The highest BCUT2D eigenvalue weighted by molar-refractivity contribution is 9.10. The minimum absolute atomic E-state index is 0.0150. The molecule has 2 aromatic carbocycles. The maximum Gasteiger partial charge on any atom is 0.417 e. The highest BCUT2D eigenvalue weighted by Gasteiger charge is 2.33. The zero-order chi connectivity index (χ0) is 15.6. The van der Waals surface area contributed by atoms with Crippen LogP contribution in [0, 0.1) is 0 Å². The van der Waals surface area contributed by atoms with Crippen molar-refractivity contribution in [3.05, 3.63) is 58.1 Å². The van der Waals surface area contributed by atoms with Gasteiger partial charge in [-0.05, 0) is 30.3 Å². The van der Waals surface area contributed by atoms with Crippen LogP contribution >= 0.6 is 15.9 Å². The fraction of sp³-hybridized carbons (Fsp3) is 0.0714. The maximum absolute atomic E-state index is 12.8. The first-order valence-corrected chi connectivity index (χ1v) is 6.54. The van der Waals surface area contributed by atoms with Gasteiger partial charge in [0.15, 0.2) is 0 Å². The zero-order valence-corrected chi connectivity index (χ0v) is 12.0. The lowest BCUT2D eigenvalue weighted by Gasteiger charge is -2.12. The minimum Gasteiger partial charge on any atom is -0.507 e. The largest absolute Gasteiger partial charge is 0.507 e. The number of hydrogen-bond donors (Lipinski definition) is 2. The Bertz CT molecular complexity index is 686. The average molecular weight is 360 g/mol. The Labute approximate surface area is 126 Å². The van der Waals surface area contributed by atoms with E-state index in [0.717, 1.165) is 6.07 Å². The molecule has 0 spiro atoms. The lowest BCUT2D eigenvalue weighted by Crippen LogP contribution is -2.13. The second kappa shape index (κ2) is 5.77. The molecule has 2 rings (SSSR count). The van der Waals surface area contributed by atoms with Crippen LogP contribution in [-0.2, 0) is 6.18 Å². The molecule has 0 aliphatic carbocycles. The molecule has 2 N–H and O–H groups in total. The van der Waals surface area contributed by atoms with Gasteiger partial charge in [-0.15, -0.1) is 0 Å². The van der Waals surface area contributed by atoms with Gasteiger partial charge in [-0.3, -0.25) is 4.79 Å². The van der Waals surface area contributed by atoms with E-state index in [1.165, 1.54) is 36.4 Å². The number of alkyl halides is 3. The van der Waals surface area contributed by atoms with Gasteiger partial charge in [-0.2, -0.15) is 13.2 Å². The molecule has 0 aromatic heterocycles. The number of rotatable bonds is 2. The summed E-state index contributed by atoms with van der Waals surface area (Å²) >= 11 is 2.82. The van der Waals surface area contributed by atoms with Crippen molar-refractivity contribution in [1.82, 2.24) is 0 Å². The molecule has 1 amide bonds. The number of hydrogen-bond acceptors (Lipinski definition) is 2. The predicted molar refractivity (Wildman–Crippen MR) is 75.2 cm³/mol. The third kappa shape index (κ3) is 3.55. The molecule has 7 heteroatoms. The molecule has 0 fully saturated rings. The van der Waals surface area contributed by atoms with E-state index in [1.807, 2.05) is 0 Å². The first-order valence-electron chi connectivity index (χ1n) is 5.75. The normalized spacial score (nSPS) is 11.2. The highest BCUT2D eigenvalue weighted by atomic mass is 79.9. The first kappa shape index (κ1) is 15.4. The number of amides is 1. The summed E-state index contributed by atoms with van der Waals surface area (Å²) in [7, 11) is 0. The average Bonchev–Trinajstić information content (AvgIpc) is 2.40. The van der Waals surface area contributed by atoms with E-state index in [1.54, 1.807) is 0 Å². The molecule has 0 aliphatic heterocycles. The molecule has 0 atom stereocenters. The SMILES string of the molecule is O=C(Nc1ccc(Br)c(C(F)(F)F)c1)c1ccccc1O. The van der Waals surface area contributed by atoms with E-state index < -0.39 is 17.6 Å². The Morgan fingerprint density at radius 1 is 1.14 bits per heavy atom. The van der Waals surface area contributed by atoms with Crippen molar-refractivity contribution < 1.29 is 23.1 Å². The number of anilines is 1. The molecule has 0 saturated heterocycles. The molecule has 0 bridgehead atoms. The Morgan fingerprint density at radius 3 is 2.43 bits per heavy atom. The summed E-state index contributed by atoms with van der Waals surface area (Å²) in [4.78, 5) is 11.9. The zero-order valence-electron chi connectivity index (χ0n) is 10.4. The number of aromatic hydroxyl groups is 1.